The summed E-state index contributed by atoms with van der Waals surface area (Å²) in [6.45, 7) is 31.2. The number of hydrazine groups is 1. The van der Waals surface area contributed by atoms with E-state index in [1.165, 1.54) is 4.90 Å². The predicted octanol–water partition coefficient (Wildman–Crippen LogP) is 0.533. The van der Waals surface area contributed by atoms with Crippen LogP contribution in [0.2, 0.25) is 0 Å². The first-order valence-corrected chi connectivity index (χ1v) is 51.5. The van der Waals surface area contributed by atoms with Crippen LogP contribution in [0.15, 0.2) is 0 Å². The maximum absolute atomic E-state index is 15.2. The molecule has 15 atom stereocenters. The van der Waals surface area contributed by atoms with Gasteiger partial charge in [0.25, 0.3) is 0 Å². The monoisotopic (exact) mass is 1970 g/mol. The summed E-state index contributed by atoms with van der Waals surface area (Å²) in [5.41, 5.74) is 43.6. The molecule has 0 bridgehead atoms. The lowest BCUT2D eigenvalue weighted by Crippen LogP contribution is -2.61. The third-order valence-corrected chi connectivity index (χ3v) is 23.7. The molecule has 0 aliphatic carbocycles. The first kappa shape index (κ1) is 128. The Kier molecular flexibility index (Phi) is 66.1. The van der Waals surface area contributed by atoms with E-state index in [0.29, 0.717) is 135 Å². The van der Waals surface area contributed by atoms with E-state index >= 15 is 9.59 Å². The molecule has 32 N–H and O–H groups in total. The van der Waals surface area contributed by atoms with Gasteiger partial charge in [-0.25, -0.2) is 5.84 Å². The molecule has 42 nitrogen and oxygen atoms in total. The SMILES string of the molecule is CC(C)C[C@H](NC(=O)[C@H](CCCCN)NC(=O)[C@H](CC(C)C)NC(=O)[C@H](CC(C)C)NC(=O)[C@@H]1CCCN1C(=O)[C@H](CCCCN)NC(=O)[C@H](CC(C)C)NC(=O)[C@H](CC(C)C)NC(=O)[C@H](CCCCN)NC(=O)[C@H](CC(C)C)NC(=O)[C@H](CC(C)C)NC(=O)[C@H](CCCCN)NC(=O)[C@H](CCCCN)NC(=O)[C@@H](N)CC(C)C)C(=O)N[C@@H](CCCCN)C(=O)NCC(=O)NCCCCCC(=O)NN. The number of amides is 17. The molecule has 1 aliphatic heterocycles. The topological polar surface area (TPSA) is 694 Å². The number of hydrogen-bond donors (Lipinski definition) is 24. The molecule has 0 saturated carbocycles. The average molecular weight is 1970 g/mol. The Hall–Kier alpha value is -9.33. The summed E-state index contributed by atoms with van der Waals surface area (Å²) in [5.74, 6) is -7.39. The fourth-order valence-corrected chi connectivity index (χ4v) is 16.4. The first-order chi connectivity index (χ1) is 65.7. The molecule has 1 aliphatic rings. The Morgan fingerprint density at radius 1 is 0.266 bits per heavy atom. The highest BCUT2D eigenvalue weighted by Gasteiger charge is 2.43. The van der Waals surface area contributed by atoms with Crippen LogP contribution in [0.1, 0.15) is 316 Å². The Labute approximate surface area is 827 Å². The molecule has 1 fully saturated rings. The molecule has 0 unspecified atom stereocenters. The lowest BCUT2D eigenvalue weighted by molar-refractivity contribution is -0.143. The van der Waals surface area contributed by atoms with E-state index in [1.54, 1.807) is 0 Å². The number of carbonyl (C=O) groups excluding carboxylic acids is 17. The number of nitrogens with zero attached hydrogens (tertiary/aromatic N) is 1. The Bertz CT molecular complexity index is 3710. The highest BCUT2D eigenvalue weighted by molar-refractivity contribution is 6.01. The molecule has 0 spiro atoms. The summed E-state index contributed by atoms with van der Waals surface area (Å²) in [7, 11) is 0. The van der Waals surface area contributed by atoms with Crippen molar-refractivity contribution < 1.29 is 81.5 Å². The van der Waals surface area contributed by atoms with E-state index in [4.69, 9.17) is 46.0 Å². The second-order valence-corrected chi connectivity index (χ2v) is 40.8. The van der Waals surface area contributed by atoms with Crippen LogP contribution in [0.25, 0.3) is 0 Å². The zero-order valence-corrected chi connectivity index (χ0v) is 86.8. The van der Waals surface area contributed by atoms with Gasteiger partial charge in [-0.15, -0.1) is 0 Å². The van der Waals surface area contributed by atoms with Gasteiger partial charge in [0.2, 0.25) is 100 Å². The van der Waals surface area contributed by atoms with Gasteiger partial charge < -0.3 is 125 Å². The van der Waals surface area contributed by atoms with Crippen molar-refractivity contribution in [2.45, 2.75) is 407 Å². The molecule has 0 aromatic rings. The first-order valence-electron chi connectivity index (χ1n) is 51.5. The van der Waals surface area contributed by atoms with Gasteiger partial charge in [0, 0.05) is 19.5 Å². The minimum Gasteiger partial charge on any atom is -0.355 e. The highest BCUT2D eigenvalue weighted by atomic mass is 16.2. The van der Waals surface area contributed by atoms with Gasteiger partial charge in [-0.1, -0.05) is 117 Å². The van der Waals surface area contributed by atoms with Gasteiger partial charge in [-0.3, -0.25) is 86.9 Å². The predicted molar refractivity (Wildman–Crippen MR) is 538 cm³/mol. The van der Waals surface area contributed by atoms with Gasteiger partial charge in [-0.05, 0) is 279 Å². The second-order valence-electron chi connectivity index (χ2n) is 40.8. The van der Waals surface area contributed by atoms with Crippen LogP contribution in [-0.4, -0.2) is 255 Å². The van der Waals surface area contributed by atoms with Crippen molar-refractivity contribution in [3.05, 3.63) is 0 Å². The smallest absolute Gasteiger partial charge is 0.245 e. The van der Waals surface area contributed by atoms with E-state index in [-0.39, 0.29) is 176 Å². The van der Waals surface area contributed by atoms with Crippen LogP contribution in [0.3, 0.4) is 0 Å². The minimum absolute atomic E-state index is 0.0434. The van der Waals surface area contributed by atoms with Crippen molar-refractivity contribution in [1.82, 2.24) is 90.1 Å². The van der Waals surface area contributed by atoms with E-state index in [1.807, 2.05) is 111 Å². The van der Waals surface area contributed by atoms with E-state index < -0.39 is 192 Å². The Morgan fingerprint density at radius 3 is 0.784 bits per heavy atom. The molecule has 0 aromatic carbocycles. The van der Waals surface area contributed by atoms with Crippen LogP contribution in [0, 0.1) is 47.3 Å². The lowest BCUT2D eigenvalue weighted by atomic mass is 9.98. The Morgan fingerprint density at radius 2 is 0.511 bits per heavy atom. The molecule has 17 amide bonds. The van der Waals surface area contributed by atoms with Gasteiger partial charge in [-0.2, -0.15) is 0 Å². The number of nitrogens with one attached hydrogen (secondary N) is 16. The van der Waals surface area contributed by atoms with Crippen LogP contribution in [0.5, 0.6) is 0 Å². The fraction of sp³-hybridized carbons (Fsp3) is 0.825. The van der Waals surface area contributed by atoms with Crippen LogP contribution in [0.4, 0.5) is 0 Å². The van der Waals surface area contributed by atoms with Crippen molar-refractivity contribution in [2.24, 2.45) is 93.3 Å². The molecular formula is C97H185N25O17. The molecule has 42 heteroatoms. The van der Waals surface area contributed by atoms with E-state index in [2.05, 4.69) is 85.2 Å². The van der Waals surface area contributed by atoms with Crippen molar-refractivity contribution >= 4 is 100 Å². The quantitative estimate of drug-likeness (QED) is 0.0171. The summed E-state index contributed by atoms with van der Waals surface area (Å²) in [6.07, 6.45) is 9.44. The molecular weight excluding hydrogens is 1790 g/mol. The summed E-state index contributed by atoms with van der Waals surface area (Å²) >= 11 is 0. The van der Waals surface area contributed by atoms with Crippen molar-refractivity contribution in [3.63, 3.8) is 0 Å². The molecule has 0 radical (unpaired) electrons. The Balaban J connectivity index is 3.72. The maximum atomic E-state index is 15.2. The zero-order valence-electron chi connectivity index (χ0n) is 86.8. The number of carbonyl (C=O) groups is 17. The standard InChI is InChI=1S/C97H185N25O17/c1-58(2)49-66(104)83(125)108-68(34-20-26-42-99)85(127)110-69(35-21-27-43-100)86(128)115-77(54-63(11)12)93(135)117-74(51-60(5)6)90(132)112-71(37-23-29-45-102)88(130)116-78(55-64(13)14)94(136)119-76(53-62(9)10)92(134)113-72(38-24-30-46-103)97(139)122-48-32-39-80(122)96(138)120-79(56-65(15)16)95(137)118-75(52-61(7)8)91(133)111-70(36-22-28-44-101)87(129)114-73(50-59(3)4)89(131)109-67(33-19-25-41-98)84(126)107-57-82(124)106-47-31-17-18-40-81(123)121-105/h58-80H,17-57,98-105H2,1-16H3,(H,106,124)(H,107,126)(H,108,125)(H,109,131)(H,110,127)(H,111,133)(H,112,132)(H,113,134)(H,114,129)(H,115,128)(H,116,130)(H,117,135)(H,118,137)(H,119,136)(H,120,138)(H,121,123)/t66-,67-,68-,69-,70-,71-,72-,73-,74-,75-,76-,77-,78-,79-,80-/m0/s1. The minimum atomic E-state index is -1.30. The van der Waals surface area contributed by atoms with Gasteiger partial charge >= 0.3 is 0 Å². The molecule has 139 heavy (non-hydrogen) atoms. The van der Waals surface area contributed by atoms with Crippen LogP contribution < -0.4 is 131 Å². The largest absolute Gasteiger partial charge is 0.355 e. The van der Waals surface area contributed by atoms with Crippen molar-refractivity contribution in [2.75, 3.05) is 58.9 Å². The van der Waals surface area contributed by atoms with Gasteiger partial charge in [0.1, 0.15) is 84.6 Å². The van der Waals surface area contributed by atoms with E-state index in [9.17, 15) is 71.9 Å². The summed E-state index contributed by atoms with van der Waals surface area (Å²) in [4.78, 5) is 244. The van der Waals surface area contributed by atoms with Crippen molar-refractivity contribution in [1.29, 1.82) is 0 Å². The third-order valence-electron chi connectivity index (χ3n) is 23.7. The summed E-state index contributed by atoms with van der Waals surface area (Å²) < 4.78 is 0. The molecule has 0 aromatic heterocycles. The number of unbranched alkanes of at least 4 members (excludes halogenated alkanes) is 8. The van der Waals surface area contributed by atoms with Crippen LogP contribution in [-0.2, 0) is 81.5 Å². The fourth-order valence-electron chi connectivity index (χ4n) is 16.4. The van der Waals surface area contributed by atoms with Gasteiger partial charge in [0.05, 0.1) is 12.6 Å². The molecule has 1 saturated heterocycles. The lowest BCUT2D eigenvalue weighted by Gasteiger charge is -2.32. The summed E-state index contributed by atoms with van der Waals surface area (Å²) in [6, 6.07) is -18.1. The van der Waals surface area contributed by atoms with Crippen molar-refractivity contribution in [3.8, 4) is 0 Å². The number of nitrogens with two attached hydrogens (primary N) is 8. The zero-order chi connectivity index (χ0) is 105. The third kappa shape index (κ3) is 54.5. The summed E-state index contributed by atoms with van der Waals surface area (Å²) in [5, 5.41) is 42.3. The highest BCUT2D eigenvalue weighted by Crippen LogP contribution is 2.24. The second kappa shape index (κ2) is 72.0. The molecule has 1 heterocycles. The normalized spacial score (nSPS) is 15.7. The van der Waals surface area contributed by atoms with Gasteiger partial charge in [0.15, 0.2) is 0 Å². The van der Waals surface area contributed by atoms with Crippen LogP contribution >= 0.6 is 0 Å². The average Bonchev–Trinajstić information content (AvgIpc) is 1.59. The number of hydrogen-bond acceptors (Lipinski definition) is 25. The maximum Gasteiger partial charge on any atom is 0.245 e. The molecule has 800 valence electrons. The molecule has 1 rings (SSSR count). The number of likely N-dealkylation sites (tertiary alicyclic amines) is 1. The van der Waals surface area contributed by atoms with E-state index in [0.717, 1.165) is 0 Å². The number of rotatable bonds is 76.